The SMILES string of the molecule is COCC(C)NCc1ccc(F)c([C@]23Cc4c(ccnc4OC)C[C@H]2CSC(NC(=O)c2ccccc2)=N3)c1. The summed E-state index contributed by atoms with van der Waals surface area (Å²) in [7, 11) is 3.27. The van der Waals surface area contributed by atoms with Gasteiger partial charge in [-0.3, -0.25) is 4.79 Å². The number of ether oxygens (including phenoxy) is 2. The minimum Gasteiger partial charge on any atom is -0.481 e. The molecule has 9 heteroatoms. The van der Waals surface area contributed by atoms with Crippen LogP contribution in [-0.2, 0) is 29.7 Å². The molecule has 3 atom stereocenters. The lowest BCUT2D eigenvalue weighted by Crippen LogP contribution is -2.48. The number of carbonyl (C=O) groups excluding carboxylic acids is 1. The molecule has 0 spiro atoms. The molecule has 0 bridgehead atoms. The molecule has 2 aliphatic rings. The van der Waals surface area contributed by atoms with Crippen molar-refractivity contribution in [3.05, 3.63) is 94.4 Å². The van der Waals surface area contributed by atoms with Crippen molar-refractivity contribution >= 4 is 22.8 Å². The van der Waals surface area contributed by atoms with E-state index in [0.717, 1.165) is 16.7 Å². The molecule has 5 rings (SSSR count). The Morgan fingerprint density at radius 2 is 2.03 bits per heavy atom. The summed E-state index contributed by atoms with van der Waals surface area (Å²) in [4.78, 5) is 22.6. The molecular weight excluding hydrogens is 515 g/mol. The largest absolute Gasteiger partial charge is 0.481 e. The number of hydrogen-bond donors (Lipinski definition) is 2. The van der Waals surface area contributed by atoms with Crippen molar-refractivity contribution in [3.8, 4) is 5.88 Å². The summed E-state index contributed by atoms with van der Waals surface area (Å²) in [6, 6.07) is 16.4. The fraction of sp³-hybridized carbons (Fsp3) is 0.367. The first kappa shape index (κ1) is 27.3. The van der Waals surface area contributed by atoms with Gasteiger partial charge in [0.15, 0.2) is 5.17 Å². The summed E-state index contributed by atoms with van der Waals surface area (Å²) in [6.07, 6.45) is 2.88. The molecule has 1 aliphatic carbocycles. The molecule has 0 saturated heterocycles. The number of carbonyl (C=O) groups is 1. The van der Waals surface area contributed by atoms with E-state index in [1.54, 1.807) is 38.6 Å². The third-order valence-electron chi connectivity index (χ3n) is 7.44. The molecule has 2 N–H and O–H groups in total. The highest BCUT2D eigenvalue weighted by Crippen LogP contribution is 2.50. The molecule has 39 heavy (non-hydrogen) atoms. The molecule has 1 amide bonds. The smallest absolute Gasteiger partial charge is 0.257 e. The zero-order chi connectivity index (χ0) is 27.4. The molecule has 1 unspecified atom stereocenters. The molecule has 0 fully saturated rings. The first-order valence-corrected chi connectivity index (χ1v) is 14.0. The fourth-order valence-electron chi connectivity index (χ4n) is 5.45. The summed E-state index contributed by atoms with van der Waals surface area (Å²) in [5, 5.41) is 6.90. The van der Waals surface area contributed by atoms with Crippen LogP contribution in [0.1, 0.15) is 39.5 Å². The zero-order valence-corrected chi connectivity index (χ0v) is 23.2. The normalized spacial score (nSPS) is 20.8. The maximum atomic E-state index is 15.8. The summed E-state index contributed by atoms with van der Waals surface area (Å²) < 4.78 is 26.7. The lowest BCUT2D eigenvalue weighted by atomic mass is 9.67. The van der Waals surface area contributed by atoms with E-state index >= 15 is 4.39 Å². The van der Waals surface area contributed by atoms with Crippen LogP contribution in [0.15, 0.2) is 65.8 Å². The molecule has 2 heterocycles. The van der Waals surface area contributed by atoms with Crippen LogP contribution in [-0.4, -0.2) is 48.7 Å². The number of aliphatic imine (C=N–C) groups is 1. The number of nitrogens with one attached hydrogen (secondary N) is 2. The van der Waals surface area contributed by atoms with Gasteiger partial charge in [-0.05, 0) is 54.8 Å². The molecule has 3 aromatic rings. The van der Waals surface area contributed by atoms with Crippen LogP contribution < -0.4 is 15.4 Å². The van der Waals surface area contributed by atoms with Gasteiger partial charge in [-0.2, -0.15) is 0 Å². The van der Waals surface area contributed by atoms with E-state index in [1.807, 2.05) is 37.3 Å². The van der Waals surface area contributed by atoms with Gasteiger partial charge in [0.25, 0.3) is 5.91 Å². The zero-order valence-electron chi connectivity index (χ0n) is 22.4. The predicted molar refractivity (Wildman–Crippen MR) is 152 cm³/mol. The second-order valence-corrected chi connectivity index (χ2v) is 11.1. The van der Waals surface area contributed by atoms with E-state index in [9.17, 15) is 4.79 Å². The van der Waals surface area contributed by atoms with Crippen molar-refractivity contribution in [3.63, 3.8) is 0 Å². The van der Waals surface area contributed by atoms with Crippen LogP contribution in [0.2, 0.25) is 0 Å². The van der Waals surface area contributed by atoms with Crippen LogP contribution in [0.5, 0.6) is 5.88 Å². The average molecular weight is 549 g/mol. The number of amidine groups is 1. The monoisotopic (exact) mass is 548 g/mol. The van der Waals surface area contributed by atoms with Crippen molar-refractivity contribution in [1.29, 1.82) is 0 Å². The highest BCUT2D eigenvalue weighted by molar-refractivity contribution is 8.13. The van der Waals surface area contributed by atoms with Gasteiger partial charge in [-0.15, -0.1) is 0 Å². The van der Waals surface area contributed by atoms with Crippen LogP contribution in [0.4, 0.5) is 4.39 Å². The van der Waals surface area contributed by atoms with E-state index in [0.29, 0.717) is 53.9 Å². The van der Waals surface area contributed by atoms with Gasteiger partial charge in [0.1, 0.15) is 5.82 Å². The number of thioether (sulfide) groups is 1. The molecule has 7 nitrogen and oxygen atoms in total. The van der Waals surface area contributed by atoms with Gasteiger partial charge >= 0.3 is 0 Å². The maximum absolute atomic E-state index is 15.8. The number of aromatic nitrogens is 1. The van der Waals surface area contributed by atoms with E-state index in [2.05, 4.69) is 15.6 Å². The average Bonchev–Trinajstić information content (AvgIpc) is 2.95. The summed E-state index contributed by atoms with van der Waals surface area (Å²) >= 11 is 1.50. The van der Waals surface area contributed by atoms with Crippen LogP contribution in [0, 0.1) is 11.7 Å². The number of amides is 1. The lowest BCUT2D eigenvalue weighted by molar-refractivity contribution is 0.0977. The lowest BCUT2D eigenvalue weighted by Gasteiger charge is -2.45. The molecule has 0 saturated carbocycles. The van der Waals surface area contributed by atoms with Crippen molar-refractivity contribution in [2.45, 2.75) is 37.9 Å². The second kappa shape index (κ2) is 11.9. The van der Waals surface area contributed by atoms with Gasteiger partial charge in [0.2, 0.25) is 5.88 Å². The van der Waals surface area contributed by atoms with Crippen LogP contribution in [0.3, 0.4) is 0 Å². The minimum atomic E-state index is -0.925. The Morgan fingerprint density at radius 1 is 1.21 bits per heavy atom. The summed E-state index contributed by atoms with van der Waals surface area (Å²) in [5.74, 6) is 0.677. The number of rotatable bonds is 8. The topological polar surface area (TPSA) is 84.8 Å². The van der Waals surface area contributed by atoms with Gasteiger partial charge in [0.05, 0.1) is 19.3 Å². The summed E-state index contributed by atoms with van der Waals surface area (Å²) in [6.45, 7) is 3.19. The van der Waals surface area contributed by atoms with Gasteiger partial charge in [0, 0.05) is 60.7 Å². The first-order valence-electron chi connectivity index (χ1n) is 13.0. The van der Waals surface area contributed by atoms with Crippen LogP contribution >= 0.6 is 11.8 Å². The standard InChI is InChI=1S/C30H33FN4O3S/c1-19(17-37-2)33-16-20-9-10-26(31)25(13-20)30-15-24-22(11-12-32-28(24)38-3)14-23(30)18-39-29(35-30)34-27(36)21-7-5-4-6-8-21/h4-13,19,23,33H,14-18H2,1-3H3,(H,34,35,36)/t19?,23-,30-/m0/s1. The Morgan fingerprint density at radius 3 is 2.79 bits per heavy atom. The number of methoxy groups -OCH3 is 2. The van der Waals surface area contributed by atoms with Gasteiger partial charge in [-0.1, -0.05) is 36.0 Å². The van der Waals surface area contributed by atoms with Gasteiger partial charge < -0.3 is 20.1 Å². The Balaban J connectivity index is 1.57. The summed E-state index contributed by atoms with van der Waals surface area (Å²) in [5.41, 5.74) is 3.16. The minimum absolute atomic E-state index is 0.0182. The molecule has 204 valence electrons. The van der Waals surface area contributed by atoms with Crippen molar-refractivity contribution in [2.24, 2.45) is 10.9 Å². The second-order valence-electron chi connectivity index (χ2n) is 10.1. The Bertz CT molecular complexity index is 1370. The molecule has 0 radical (unpaired) electrons. The van der Waals surface area contributed by atoms with E-state index in [-0.39, 0.29) is 23.7 Å². The third-order valence-corrected chi connectivity index (χ3v) is 8.48. The molecular formula is C30H33FN4O3S. The van der Waals surface area contributed by atoms with Crippen molar-refractivity contribution < 1.29 is 18.7 Å². The van der Waals surface area contributed by atoms with E-state index in [4.69, 9.17) is 14.5 Å². The highest BCUT2D eigenvalue weighted by Gasteiger charge is 2.49. The number of fused-ring (bicyclic) bond motifs is 2. The quantitative estimate of drug-likeness (QED) is 0.431. The van der Waals surface area contributed by atoms with Gasteiger partial charge in [-0.25, -0.2) is 14.4 Å². The number of benzene rings is 2. The number of pyridine rings is 1. The number of halogens is 1. The fourth-order valence-corrected chi connectivity index (χ4v) is 6.59. The predicted octanol–water partition coefficient (Wildman–Crippen LogP) is 4.50. The Labute approximate surface area is 232 Å². The molecule has 1 aromatic heterocycles. The third kappa shape index (κ3) is 5.71. The Hall–Kier alpha value is -3.27. The molecule has 1 aliphatic heterocycles. The van der Waals surface area contributed by atoms with E-state index in [1.165, 1.54) is 17.8 Å². The van der Waals surface area contributed by atoms with Crippen molar-refractivity contribution in [2.75, 3.05) is 26.6 Å². The van der Waals surface area contributed by atoms with E-state index < -0.39 is 5.54 Å². The van der Waals surface area contributed by atoms with Crippen LogP contribution in [0.25, 0.3) is 0 Å². The first-order chi connectivity index (χ1) is 18.9. The molecule has 2 aromatic carbocycles. The van der Waals surface area contributed by atoms with Crippen molar-refractivity contribution in [1.82, 2.24) is 15.6 Å². The Kier molecular flexibility index (Phi) is 8.30. The maximum Gasteiger partial charge on any atom is 0.257 e. The number of hydrogen-bond acceptors (Lipinski definition) is 7. The highest BCUT2D eigenvalue weighted by atomic mass is 32.2. The number of nitrogens with zero attached hydrogens (tertiary/aromatic N) is 2.